The van der Waals surface area contributed by atoms with Crippen molar-refractivity contribution in [1.29, 1.82) is 0 Å². The smallest absolute Gasteiger partial charge is 0.235 e. The Kier molecular flexibility index (Phi) is 2.44. The van der Waals surface area contributed by atoms with Crippen LogP contribution in [0.5, 0.6) is 11.5 Å². The lowest BCUT2D eigenvalue weighted by molar-refractivity contribution is 0.367. The second kappa shape index (κ2) is 3.65. The summed E-state index contributed by atoms with van der Waals surface area (Å²) in [5, 5.41) is 10.0. The summed E-state index contributed by atoms with van der Waals surface area (Å²) >= 11 is 0. The van der Waals surface area contributed by atoms with Gasteiger partial charge in [-0.15, -0.1) is 0 Å². The minimum absolute atomic E-state index is 0.0737. The number of isocyanates is 1. The third-order valence-corrected chi connectivity index (χ3v) is 2.92. The summed E-state index contributed by atoms with van der Waals surface area (Å²) in [5.41, 5.74) is 1.07. The standard InChI is InChI=1S/C12H13NO3/c1-8-5-9(11(15)10(6-8)16-2)12(3-4-12)13-7-14/h5-6,15H,3-4H2,1-2H3. The highest BCUT2D eigenvalue weighted by molar-refractivity contribution is 5.54. The zero-order chi connectivity index (χ0) is 11.8. The van der Waals surface area contributed by atoms with Gasteiger partial charge in [0.25, 0.3) is 0 Å². The van der Waals surface area contributed by atoms with E-state index in [2.05, 4.69) is 4.99 Å². The van der Waals surface area contributed by atoms with Crippen LogP contribution in [0.2, 0.25) is 0 Å². The van der Waals surface area contributed by atoms with E-state index < -0.39 is 5.54 Å². The van der Waals surface area contributed by atoms with Crippen molar-refractivity contribution in [2.45, 2.75) is 25.3 Å². The number of nitrogens with zero attached hydrogens (tertiary/aromatic N) is 1. The number of methoxy groups -OCH3 is 1. The maximum Gasteiger partial charge on any atom is 0.235 e. The molecule has 0 heterocycles. The molecular formula is C12H13NO3. The molecule has 4 nitrogen and oxygen atoms in total. The molecule has 0 radical (unpaired) electrons. The van der Waals surface area contributed by atoms with Crippen LogP contribution in [0.15, 0.2) is 17.1 Å². The van der Waals surface area contributed by atoms with Gasteiger partial charge in [-0.25, -0.2) is 4.79 Å². The number of carbonyl (C=O) groups excluding carboxylic acids is 1. The van der Waals surface area contributed by atoms with E-state index in [-0.39, 0.29) is 5.75 Å². The van der Waals surface area contributed by atoms with Crippen LogP contribution in [-0.4, -0.2) is 18.3 Å². The largest absolute Gasteiger partial charge is 0.504 e. The number of phenols is 1. The molecule has 16 heavy (non-hydrogen) atoms. The number of hydrogen-bond acceptors (Lipinski definition) is 4. The predicted octanol–water partition coefficient (Wildman–Crippen LogP) is 2.03. The minimum atomic E-state index is -0.564. The average Bonchev–Trinajstić information content (AvgIpc) is 3.02. The van der Waals surface area contributed by atoms with Crippen LogP contribution in [0.4, 0.5) is 0 Å². The fourth-order valence-corrected chi connectivity index (χ4v) is 1.90. The van der Waals surface area contributed by atoms with Crippen LogP contribution < -0.4 is 4.74 Å². The van der Waals surface area contributed by atoms with Crippen molar-refractivity contribution >= 4 is 6.08 Å². The quantitative estimate of drug-likeness (QED) is 0.625. The van der Waals surface area contributed by atoms with E-state index in [1.807, 2.05) is 13.0 Å². The van der Waals surface area contributed by atoms with Gasteiger partial charge in [-0.1, -0.05) is 0 Å². The van der Waals surface area contributed by atoms with E-state index in [1.165, 1.54) is 7.11 Å². The Morgan fingerprint density at radius 1 is 1.50 bits per heavy atom. The monoisotopic (exact) mass is 219 g/mol. The van der Waals surface area contributed by atoms with Gasteiger partial charge in [0, 0.05) is 5.56 Å². The molecule has 0 aromatic heterocycles. The summed E-state index contributed by atoms with van der Waals surface area (Å²) < 4.78 is 5.08. The molecular weight excluding hydrogens is 206 g/mol. The second-order valence-electron chi connectivity index (χ2n) is 4.10. The number of aliphatic imine (C=N–C) groups is 1. The fourth-order valence-electron chi connectivity index (χ4n) is 1.90. The predicted molar refractivity (Wildman–Crippen MR) is 58.4 cm³/mol. The fraction of sp³-hybridized carbons (Fsp3) is 0.417. The summed E-state index contributed by atoms with van der Waals surface area (Å²) in [6.07, 6.45) is 3.11. The molecule has 0 bridgehead atoms. The van der Waals surface area contributed by atoms with E-state index >= 15 is 0 Å². The summed E-state index contributed by atoms with van der Waals surface area (Å²) in [7, 11) is 1.50. The number of hydrogen-bond donors (Lipinski definition) is 1. The molecule has 1 aromatic carbocycles. The topological polar surface area (TPSA) is 58.9 Å². The molecule has 1 N–H and O–H groups in total. The summed E-state index contributed by atoms with van der Waals surface area (Å²) in [6.45, 7) is 1.91. The van der Waals surface area contributed by atoms with Crippen molar-refractivity contribution in [2.75, 3.05) is 7.11 Å². The molecule has 1 aliphatic rings. The normalized spacial score (nSPS) is 16.4. The lowest BCUT2D eigenvalue weighted by Crippen LogP contribution is -2.04. The van der Waals surface area contributed by atoms with Gasteiger partial charge in [-0.3, -0.25) is 0 Å². The number of aryl methyl sites for hydroxylation is 1. The van der Waals surface area contributed by atoms with Crippen molar-refractivity contribution in [1.82, 2.24) is 0 Å². The van der Waals surface area contributed by atoms with Crippen LogP contribution in [-0.2, 0) is 10.3 Å². The lowest BCUT2D eigenvalue weighted by atomic mass is 10.0. The molecule has 1 fully saturated rings. The molecule has 0 spiro atoms. The first-order valence-electron chi connectivity index (χ1n) is 5.10. The molecule has 2 rings (SSSR count). The summed E-state index contributed by atoms with van der Waals surface area (Å²) in [5.74, 6) is 0.493. The van der Waals surface area contributed by atoms with Crippen molar-refractivity contribution in [2.24, 2.45) is 4.99 Å². The number of benzene rings is 1. The van der Waals surface area contributed by atoms with E-state index in [0.29, 0.717) is 11.3 Å². The van der Waals surface area contributed by atoms with E-state index in [1.54, 1.807) is 12.1 Å². The summed E-state index contributed by atoms with van der Waals surface area (Å²) in [6, 6.07) is 3.59. The zero-order valence-corrected chi connectivity index (χ0v) is 9.28. The zero-order valence-electron chi connectivity index (χ0n) is 9.28. The van der Waals surface area contributed by atoms with Crippen molar-refractivity contribution in [3.63, 3.8) is 0 Å². The van der Waals surface area contributed by atoms with Crippen LogP contribution in [0.25, 0.3) is 0 Å². The van der Waals surface area contributed by atoms with Gasteiger partial charge in [0.2, 0.25) is 6.08 Å². The maximum atomic E-state index is 10.4. The van der Waals surface area contributed by atoms with Crippen LogP contribution >= 0.6 is 0 Å². The van der Waals surface area contributed by atoms with Crippen LogP contribution in [0.1, 0.15) is 24.0 Å². The highest BCUT2D eigenvalue weighted by atomic mass is 16.5. The Morgan fingerprint density at radius 2 is 2.19 bits per heavy atom. The minimum Gasteiger partial charge on any atom is -0.504 e. The number of rotatable bonds is 3. The van der Waals surface area contributed by atoms with Crippen molar-refractivity contribution in [3.8, 4) is 11.5 Å². The molecule has 4 heteroatoms. The Morgan fingerprint density at radius 3 is 2.69 bits per heavy atom. The third-order valence-electron chi connectivity index (χ3n) is 2.92. The molecule has 84 valence electrons. The first-order chi connectivity index (χ1) is 7.63. The average molecular weight is 219 g/mol. The van der Waals surface area contributed by atoms with E-state index in [4.69, 9.17) is 4.74 Å². The molecule has 0 atom stereocenters. The molecule has 0 unspecified atom stereocenters. The molecule has 0 saturated heterocycles. The Balaban J connectivity index is 2.56. The summed E-state index contributed by atoms with van der Waals surface area (Å²) in [4.78, 5) is 14.2. The number of aromatic hydroxyl groups is 1. The van der Waals surface area contributed by atoms with Crippen LogP contribution in [0.3, 0.4) is 0 Å². The lowest BCUT2D eigenvalue weighted by Gasteiger charge is -2.14. The first kappa shape index (κ1) is 10.7. The highest BCUT2D eigenvalue weighted by Gasteiger charge is 2.47. The van der Waals surface area contributed by atoms with Gasteiger partial charge < -0.3 is 9.84 Å². The van der Waals surface area contributed by atoms with Gasteiger partial charge in [-0.05, 0) is 37.5 Å². The van der Waals surface area contributed by atoms with Crippen LogP contribution in [0, 0.1) is 6.92 Å². The third kappa shape index (κ3) is 1.57. The van der Waals surface area contributed by atoms with Crippen molar-refractivity contribution in [3.05, 3.63) is 23.3 Å². The molecule has 0 amide bonds. The van der Waals surface area contributed by atoms with E-state index in [9.17, 15) is 9.90 Å². The first-order valence-corrected chi connectivity index (χ1v) is 5.10. The van der Waals surface area contributed by atoms with Gasteiger partial charge in [0.05, 0.1) is 7.11 Å². The molecule has 1 saturated carbocycles. The molecule has 1 aliphatic carbocycles. The number of phenolic OH excluding ortho intramolecular Hbond substituents is 1. The number of ether oxygens (including phenoxy) is 1. The SMILES string of the molecule is COc1cc(C)cc(C2(N=C=O)CC2)c1O. The Hall–Kier alpha value is -1.80. The van der Waals surface area contributed by atoms with Gasteiger partial charge in [-0.2, -0.15) is 4.99 Å². The second-order valence-corrected chi connectivity index (χ2v) is 4.10. The van der Waals surface area contributed by atoms with E-state index in [0.717, 1.165) is 18.4 Å². The Bertz CT molecular complexity index is 471. The van der Waals surface area contributed by atoms with Gasteiger partial charge in [0.15, 0.2) is 11.5 Å². The highest BCUT2D eigenvalue weighted by Crippen LogP contribution is 2.54. The maximum absolute atomic E-state index is 10.4. The Labute approximate surface area is 93.6 Å². The van der Waals surface area contributed by atoms with Crippen molar-refractivity contribution < 1.29 is 14.6 Å². The molecule has 0 aliphatic heterocycles. The van der Waals surface area contributed by atoms with Gasteiger partial charge in [0.1, 0.15) is 5.54 Å². The molecule has 1 aromatic rings. The van der Waals surface area contributed by atoms with Gasteiger partial charge >= 0.3 is 0 Å².